The molecule has 1 aromatic heterocycles. The Labute approximate surface area is 182 Å². The zero-order valence-corrected chi connectivity index (χ0v) is 18.7. The predicted molar refractivity (Wildman–Crippen MR) is 119 cm³/mol. The SMILES string of the molecule is CN(C)Cc1ccc(S(=O)(=O)c2nnc(Nc3c4c(cc5c3CCC5)CCC4)[nH]2)cc1. The molecule has 0 fully saturated rings. The highest BCUT2D eigenvalue weighted by Gasteiger charge is 2.26. The van der Waals surface area contributed by atoms with Crippen molar-refractivity contribution in [2.75, 3.05) is 19.4 Å². The van der Waals surface area contributed by atoms with Crippen molar-refractivity contribution in [1.82, 2.24) is 20.1 Å². The number of benzene rings is 2. The third-order valence-corrected chi connectivity index (χ3v) is 7.76. The number of aryl methyl sites for hydroxylation is 2. The van der Waals surface area contributed by atoms with Gasteiger partial charge in [-0.25, -0.2) is 8.42 Å². The molecule has 1 heterocycles. The van der Waals surface area contributed by atoms with E-state index in [0.29, 0.717) is 5.95 Å². The molecule has 8 heteroatoms. The van der Waals surface area contributed by atoms with Gasteiger partial charge in [0.2, 0.25) is 15.8 Å². The predicted octanol–water partition coefficient (Wildman–Crippen LogP) is 3.42. The zero-order chi connectivity index (χ0) is 21.6. The van der Waals surface area contributed by atoms with Gasteiger partial charge in [-0.2, -0.15) is 0 Å². The summed E-state index contributed by atoms with van der Waals surface area (Å²) in [5, 5.41) is 11.3. The second kappa shape index (κ2) is 7.76. The first-order valence-electron chi connectivity index (χ1n) is 10.8. The first kappa shape index (κ1) is 20.2. The van der Waals surface area contributed by atoms with E-state index in [9.17, 15) is 8.42 Å². The number of rotatable bonds is 6. The molecular formula is C23H27N5O2S. The molecule has 0 saturated heterocycles. The second-order valence-electron chi connectivity index (χ2n) is 8.72. The number of nitrogens with one attached hydrogen (secondary N) is 2. The summed E-state index contributed by atoms with van der Waals surface area (Å²) < 4.78 is 26.1. The maximum absolute atomic E-state index is 13.0. The van der Waals surface area contributed by atoms with Crippen LogP contribution in [0.3, 0.4) is 0 Å². The molecule has 2 aliphatic rings. The molecule has 0 amide bonds. The minimum atomic E-state index is -3.76. The molecule has 5 rings (SSSR count). The molecular weight excluding hydrogens is 410 g/mol. The monoisotopic (exact) mass is 437 g/mol. The van der Waals surface area contributed by atoms with Crippen molar-refractivity contribution in [1.29, 1.82) is 0 Å². The highest BCUT2D eigenvalue weighted by molar-refractivity contribution is 7.91. The Morgan fingerprint density at radius 1 is 0.968 bits per heavy atom. The van der Waals surface area contributed by atoms with E-state index < -0.39 is 9.84 Å². The van der Waals surface area contributed by atoms with Gasteiger partial charge in [-0.3, -0.25) is 4.98 Å². The van der Waals surface area contributed by atoms with E-state index in [1.165, 1.54) is 22.3 Å². The fourth-order valence-corrected chi connectivity index (χ4v) is 5.86. The van der Waals surface area contributed by atoms with Crippen molar-refractivity contribution >= 4 is 21.5 Å². The highest BCUT2D eigenvalue weighted by Crippen LogP contribution is 2.39. The third-order valence-electron chi connectivity index (χ3n) is 6.17. The summed E-state index contributed by atoms with van der Waals surface area (Å²) in [5.74, 6) is 0.372. The van der Waals surface area contributed by atoms with Gasteiger partial charge >= 0.3 is 0 Å². The van der Waals surface area contributed by atoms with E-state index in [-0.39, 0.29) is 10.1 Å². The number of anilines is 2. The Morgan fingerprint density at radius 3 is 2.23 bits per heavy atom. The van der Waals surface area contributed by atoms with Gasteiger partial charge in [0.15, 0.2) is 0 Å². The average Bonchev–Trinajstić information content (AvgIpc) is 3.48. The van der Waals surface area contributed by atoms with Crippen LogP contribution < -0.4 is 5.32 Å². The molecule has 0 spiro atoms. The normalized spacial score (nSPS) is 15.3. The Bertz CT molecular complexity index is 1200. The Hall–Kier alpha value is -2.71. The second-order valence-corrected chi connectivity index (χ2v) is 10.6. The van der Waals surface area contributed by atoms with Gasteiger partial charge in [0, 0.05) is 12.2 Å². The van der Waals surface area contributed by atoms with Crippen molar-refractivity contribution in [3.05, 3.63) is 58.1 Å². The fourth-order valence-electron chi connectivity index (χ4n) is 4.76. The van der Waals surface area contributed by atoms with Crippen LogP contribution in [0.5, 0.6) is 0 Å². The van der Waals surface area contributed by atoms with E-state index in [2.05, 4.69) is 26.6 Å². The van der Waals surface area contributed by atoms with Crippen LogP contribution in [0, 0.1) is 0 Å². The van der Waals surface area contributed by atoms with Gasteiger partial charge in [0.1, 0.15) is 0 Å². The molecule has 0 radical (unpaired) electrons. The summed E-state index contributed by atoms with van der Waals surface area (Å²) in [6, 6.07) is 9.28. The maximum atomic E-state index is 13.0. The third kappa shape index (κ3) is 3.74. The van der Waals surface area contributed by atoms with Crippen LogP contribution in [0.25, 0.3) is 0 Å². The quantitative estimate of drug-likeness (QED) is 0.614. The van der Waals surface area contributed by atoms with Crippen molar-refractivity contribution in [3.63, 3.8) is 0 Å². The number of sulfone groups is 1. The van der Waals surface area contributed by atoms with Gasteiger partial charge in [-0.1, -0.05) is 18.2 Å². The van der Waals surface area contributed by atoms with Crippen LogP contribution in [0.4, 0.5) is 11.6 Å². The minimum Gasteiger partial charge on any atom is -0.324 e. The number of H-pyrrole nitrogens is 1. The lowest BCUT2D eigenvalue weighted by Gasteiger charge is -2.15. The van der Waals surface area contributed by atoms with Crippen molar-refractivity contribution in [3.8, 4) is 0 Å². The van der Waals surface area contributed by atoms with E-state index in [0.717, 1.165) is 56.3 Å². The molecule has 2 aromatic carbocycles. The summed E-state index contributed by atoms with van der Waals surface area (Å²) in [4.78, 5) is 5.14. The van der Waals surface area contributed by atoms with E-state index in [4.69, 9.17) is 0 Å². The van der Waals surface area contributed by atoms with E-state index >= 15 is 0 Å². The molecule has 31 heavy (non-hydrogen) atoms. The molecule has 162 valence electrons. The molecule has 0 bridgehead atoms. The summed E-state index contributed by atoms with van der Waals surface area (Å²) in [7, 11) is 0.193. The lowest BCUT2D eigenvalue weighted by Crippen LogP contribution is -2.11. The van der Waals surface area contributed by atoms with Gasteiger partial charge in [0.05, 0.1) is 4.90 Å². The Balaban J connectivity index is 1.42. The number of hydrogen-bond acceptors (Lipinski definition) is 6. The summed E-state index contributed by atoms with van der Waals surface area (Å²) in [6.45, 7) is 0.752. The Morgan fingerprint density at radius 2 is 1.61 bits per heavy atom. The molecule has 7 nitrogen and oxygen atoms in total. The highest BCUT2D eigenvalue weighted by atomic mass is 32.2. The van der Waals surface area contributed by atoms with Crippen LogP contribution in [-0.4, -0.2) is 42.6 Å². The van der Waals surface area contributed by atoms with Crippen molar-refractivity contribution < 1.29 is 8.42 Å². The largest absolute Gasteiger partial charge is 0.324 e. The summed E-state index contributed by atoms with van der Waals surface area (Å²) >= 11 is 0. The van der Waals surface area contributed by atoms with Crippen molar-refractivity contribution in [2.24, 2.45) is 0 Å². The number of aromatic nitrogens is 3. The first-order valence-corrected chi connectivity index (χ1v) is 12.2. The molecule has 0 atom stereocenters. The van der Waals surface area contributed by atoms with Crippen molar-refractivity contribution in [2.45, 2.75) is 55.1 Å². The van der Waals surface area contributed by atoms with Crippen LogP contribution in [0.15, 0.2) is 40.4 Å². The lowest BCUT2D eigenvalue weighted by molar-refractivity contribution is 0.402. The minimum absolute atomic E-state index is 0.139. The molecule has 0 saturated carbocycles. The summed E-state index contributed by atoms with van der Waals surface area (Å²) in [6.07, 6.45) is 6.63. The molecule has 0 aliphatic heterocycles. The molecule has 0 unspecified atom stereocenters. The van der Waals surface area contributed by atoms with Crippen LogP contribution >= 0.6 is 0 Å². The molecule has 2 N–H and O–H groups in total. The van der Waals surface area contributed by atoms with Crippen LogP contribution in [0.1, 0.15) is 40.7 Å². The number of hydrogen-bond donors (Lipinski definition) is 2. The Kier molecular flexibility index (Phi) is 5.06. The van der Waals surface area contributed by atoms with Gasteiger partial charge < -0.3 is 10.2 Å². The van der Waals surface area contributed by atoms with E-state index in [1.807, 2.05) is 31.1 Å². The smallest absolute Gasteiger partial charge is 0.253 e. The zero-order valence-electron chi connectivity index (χ0n) is 17.9. The average molecular weight is 438 g/mol. The molecule has 2 aliphatic carbocycles. The van der Waals surface area contributed by atoms with Gasteiger partial charge in [-0.15, -0.1) is 10.2 Å². The van der Waals surface area contributed by atoms with Gasteiger partial charge in [-0.05, 0) is 92.6 Å². The van der Waals surface area contributed by atoms with Crippen LogP contribution in [0.2, 0.25) is 0 Å². The fraction of sp³-hybridized carbons (Fsp3) is 0.391. The standard InChI is InChI=1S/C23H27N5O2S/c1-28(2)14-15-9-11-18(12-10-15)31(29,30)23-25-22(26-27-23)24-21-19-7-3-5-16(19)13-17-6-4-8-20(17)21/h9-13H,3-8,14H2,1-2H3,(H2,24,25,26,27). The van der Waals surface area contributed by atoms with E-state index in [1.54, 1.807) is 12.1 Å². The number of fused-ring (bicyclic) bond motifs is 2. The topological polar surface area (TPSA) is 91.0 Å². The van der Waals surface area contributed by atoms with Gasteiger partial charge in [0.25, 0.3) is 5.16 Å². The molecule has 3 aromatic rings. The number of nitrogens with zero attached hydrogens (tertiary/aromatic N) is 3. The summed E-state index contributed by atoms with van der Waals surface area (Å²) in [5.41, 5.74) is 7.67. The van der Waals surface area contributed by atoms with Crippen LogP contribution in [-0.2, 0) is 42.1 Å². The number of aromatic amines is 1. The maximum Gasteiger partial charge on any atom is 0.253 e. The lowest BCUT2D eigenvalue weighted by atomic mass is 9.99. The first-order chi connectivity index (χ1) is 14.9.